The first-order valence-corrected chi connectivity index (χ1v) is 12.4. The van der Waals surface area contributed by atoms with Crippen molar-refractivity contribution in [1.29, 1.82) is 5.26 Å². The van der Waals surface area contributed by atoms with E-state index in [9.17, 15) is 19.6 Å². The maximum Gasteiger partial charge on any atom is 0.232 e. The zero-order valence-corrected chi connectivity index (χ0v) is 22.2. The number of allylic oxidation sites excluding steroid dienone is 2. The number of aryl methyl sites for hydroxylation is 1. The Morgan fingerprint density at radius 1 is 1.30 bits per heavy atom. The molecule has 0 fully saturated rings. The van der Waals surface area contributed by atoms with Crippen molar-refractivity contribution in [1.82, 2.24) is 20.5 Å². The van der Waals surface area contributed by atoms with Crippen molar-refractivity contribution in [2.24, 2.45) is 10.4 Å². The van der Waals surface area contributed by atoms with Crippen LogP contribution in [0, 0.1) is 16.7 Å². The molecule has 0 saturated carbocycles. The number of anilines is 1. The largest absolute Gasteiger partial charge is 0.383 e. The van der Waals surface area contributed by atoms with Crippen molar-refractivity contribution in [2.75, 3.05) is 44.7 Å². The Morgan fingerprint density at radius 2 is 2.08 bits per heavy atom. The standard InChI is InChI=1S/C27H37N7O3/c1-27(2,3)18-31-24(23(15-28)16-30-20-37)8-12-34-10-5-6-22-14-21(25(17-35)32-26(22)34)7-11-33(4)13-9-29-19-36/h8,12,14,16-17,19-20,31H,5-7,9-11,13,18H2,1-4H3,(H,29,36)/b12-8+,24-23+,30-16-. The van der Waals surface area contributed by atoms with Gasteiger partial charge in [0.2, 0.25) is 12.8 Å². The number of likely N-dealkylation sites (N-methyl/N-ethyl adjacent to an activating group) is 1. The topological polar surface area (TPSA) is 131 Å². The smallest absolute Gasteiger partial charge is 0.232 e. The van der Waals surface area contributed by atoms with E-state index in [0.29, 0.717) is 50.3 Å². The molecule has 37 heavy (non-hydrogen) atoms. The minimum atomic E-state index is -0.0327. The van der Waals surface area contributed by atoms with Crippen LogP contribution in [0.1, 0.15) is 48.8 Å². The molecule has 0 bridgehead atoms. The quantitative estimate of drug-likeness (QED) is 0.129. The molecule has 0 saturated heterocycles. The third-order valence-corrected chi connectivity index (χ3v) is 5.81. The molecule has 2 amide bonds. The number of hydrogen-bond donors (Lipinski definition) is 2. The van der Waals surface area contributed by atoms with Gasteiger partial charge in [-0.15, -0.1) is 0 Å². The number of fused-ring (bicyclic) bond motifs is 1. The molecule has 10 heteroatoms. The van der Waals surface area contributed by atoms with Crippen LogP contribution in [0.4, 0.5) is 5.82 Å². The number of hydrogen-bond acceptors (Lipinski definition) is 8. The van der Waals surface area contributed by atoms with Crippen molar-refractivity contribution in [3.05, 3.63) is 46.4 Å². The van der Waals surface area contributed by atoms with Crippen molar-refractivity contribution in [3.63, 3.8) is 0 Å². The lowest BCUT2D eigenvalue weighted by Crippen LogP contribution is -2.30. The van der Waals surface area contributed by atoms with E-state index >= 15 is 0 Å². The van der Waals surface area contributed by atoms with Crippen LogP contribution in [-0.4, -0.2) is 75.0 Å². The number of amides is 2. The SMILES string of the molecule is CN(CCNC=O)CCc1cc2c(nc1C=O)N(/C=C/C(NCC(C)(C)C)=C(C#N)\C=N/C=O)CCC2. The Kier molecular flexibility index (Phi) is 11.6. The molecular weight excluding hydrogens is 470 g/mol. The minimum absolute atomic E-state index is 0.0327. The van der Waals surface area contributed by atoms with Crippen molar-refractivity contribution in [2.45, 2.75) is 40.0 Å². The van der Waals surface area contributed by atoms with Gasteiger partial charge in [0.1, 0.15) is 17.6 Å². The van der Waals surface area contributed by atoms with Crippen LogP contribution in [0.5, 0.6) is 0 Å². The molecule has 1 aromatic heterocycles. The Hall–Kier alpha value is -3.84. The number of carbonyl (C=O) groups is 3. The number of aromatic nitrogens is 1. The number of pyridine rings is 1. The number of aldehydes is 1. The van der Waals surface area contributed by atoms with E-state index in [1.807, 2.05) is 18.1 Å². The lowest BCUT2D eigenvalue weighted by atomic mass is 9.96. The van der Waals surface area contributed by atoms with Gasteiger partial charge in [-0.3, -0.25) is 14.4 Å². The van der Waals surface area contributed by atoms with Crippen LogP contribution in [0.25, 0.3) is 0 Å². The van der Waals surface area contributed by atoms with Gasteiger partial charge in [0.15, 0.2) is 6.29 Å². The number of aliphatic imine (C=N–C) groups is 1. The fourth-order valence-corrected chi connectivity index (χ4v) is 3.80. The first-order valence-electron chi connectivity index (χ1n) is 12.4. The Morgan fingerprint density at radius 3 is 2.73 bits per heavy atom. The van der Waals surface area contributed by atoms with E-state index in [2.05, 4.69) is 53.4 Å². The molecule has 0 radical (unpaired) electrons. The molecule has 2 rings (SSSR count). The highest BCUT2D eigenvalue weighted by atomic mass is 16.1. The molecule has 1 aliphatic rings. The van der Waals surface area contributed by atoms with Crippen LogP contribution >= 0.6 is 0 Å². The summed E-state index contributed by atoms with van der Waals surface area (Å²) in [5, 5.41) is 15.6. The number of nitrogens with zero attached hydrogens (tertiary/aromatic N) is 5. The van der Waals surface area contributed by atoms with Crippen molar-refractivity contribution in [3.8, 4) is 6.07 Å². The Balaban J connectivity index is 2.30. The summed E-state index contributed by atoms with van der Waals surface area (Å²) in [5.74, 6) is 0.729. The number of nitriles is 1. The normalized spacial score (nSPS) is 14.3. The predicted molar refractivity (Wildman–Crippen MR) is 144 cm³/mol. The summed E-state index contributed by atoms with van der Waals surface area (Å²) >= 11 is 0. The molecule has 0 spiro atoms. The zero-order chi connectivity index (χ0) is 27.3. The van der Waals surface area contributed by atoms with Gasteiger partial charge < -0.3 is 20.4 Å². The molecule has 0 atom stereocenters. The fourth-order valence-electron chi connectivity index (χ4n) is 3.80. The van der Waals surface area contributed by atoms with Crippen LogP contribution in [0.15, 0.2) is 34.6 Å². The van der Waals surface area contributed by atoms with Crippen molar-refractivity contribution >= 4 is 31.1 Å². The Bertz CT molecular complexity index is 1080. The average Bonchev–Trinajstić information content (AvgIpc) is 2.87. The van der Waals surface area contributed by atoms with Gasteiger partial charge in [-0.1, -0.05) is 20.8 Å². The predicted octanol–water partition coefficient (Wildman–Crippen LogP) is 2.02. The molecule has 0 aromatic carbocycles. The maximum atomic E-state index is 11.9. The van der Waals surface area contributed by atoms with E-state index < -0.39 is 0 Å². The molecule has 198 valence electrons. The van der Waals surface area contributed by atoms with E-state index in [1.165, 1.54) is 6.21 Å². The summed E-state index contributed by atoms with van der Waals surface area (Å²) in [4.78, 5) is 45.4. The molecule has 0 unspecified atom stereocenters. The summed E-state index contributed by atoms with van der Waals surface area (Å²) in [5.41, 5.74) is 3.14. The fraction of sp³-hybridized carbons (Fsp3) is 0.481. The number of rotatable bonds is 14. The van der Waals surface area contributed by atoms with Crippen LogP contribution in [0.3, 0.4) is 0 Å². The van der Waals surface area contributed by atoms with E-state index in [1.54, 1.807) is 6.08 Å². The summed E-state index contributed by atoms with van der Waals surface area (Å²) in [6, 6.07) is 4.16. The minimum Gasteiger partial charge on any atom is -0.383 e. The molecule has 2 heterocycles. The van der Waals surface area contributed by atoms with Gasteiger partial charge in [0.25, 0.3) is 0 Å². The van der Waals surface area contributed by atoms with E-state index in [0.717, 1.165) is 49.2 Å². The van der Waals surface area contributed by atoms with E-state index in [-0.39, 0.29) is 11.0 Å². The lowest BCUT2D eigenvalue weighted by molar-refractivity contribution is -0.109. The second kappa shape index (κ2) is 14.7. The maximum absolute atomic E-state index is 11.9. The molecule has 1 aliphatic heterocycles. The van der Waals surface area contributed by atoms with Gasteiger partial charge in [0.05, 0.1) is 17.5 Å². The first kappa shape index (κ1) is 29.4. The van der Waals surface area contributed by atoms with Gasteiger partial charge in [0, 0.05) is 38.9 Å². The molecular formula is C27H37N7O3. The lowest BCUT2D eigenvalue weighted by Gasteiger charge is -2.28. The highest BCUT2D eigenvalue weighted by molar-refractivity contribution is 5.89. The molecule has 0 aliphatic carbocycles. The van der Waals surface area contributed by atoms with Gasteiger partial charge in [-0.25, -0.2) is 9.98 Å². The first-order chi connectivity index (χ1) is 17.7. The van der Waals surface area contributed by atoms with Crippen LogP contribution in [-0.2, 0) is 22.4 Å². The van der Waals surface area contributed by atoms with Gasteiger partial charge in [-0.2, -0.15) is 5.26 Å². The average molecular weight is 508 g/mol. The third kappa shape index (κ3) is 9.61. The van der Waals surface area contributed by atoms with E-state index in [4.69, 9.17) is 4.98 Å². The summed E-state index contributed by atoms with van der Waals surface area (Å²) in [6.07, 6.45) is 9.21. The molecule has 1 aromatic rings. The summed E-state index contributed by atoms with van der Waals surface area (Å²) < 4.78 is 0. The number of nitrogens with one attached hydrogen (secondary N) is 2. The van der Waals surface area contributed by atoms with Crippen molar-refractivity contribution < 1.29 is 14.4 Å². The summed E-state index contributed by atoms with van der Waals surface area (Å²) in [7, 11) is 1.97. The second-order valence-electron chi connectivity index (χ2n) is 10.1. The molecule has 10 nitrogen and oxygen atoms in total. The number of carbonyl (C=O) groups excluding carboxylic acids is 3. The highest BCUT2D eigenvalue weighted by Crippen LogP contribution is 2.28. The van der Waals surface area contributed by atoms with Gasteiger partial charge in [-0.05, 0) is 55.0 Å². The van der Waals surface area contributed by atoms with Gasteiger partial charge >= 0.3 is 0 Å². The Labute approximate surface area is 219 Å². The monoisotopic (exact) mass is 507 g/mol. The highest BCUT2D eigenvalue weighted by Gasteiger charge is 2.20. The third-order valence-electron chi connectivity index (χ3n) is 5.81. The zero-order valence-electron chi connectivity index (χ0n) is 22.2. The second-order valence-corrected chi connectivity index (χ2v) is 10.1. The summed E-state index contributed by atoms with van der Waals surface area (Å²) in [6.45, 7) is 9.59. The molecule has 2 N–H and O–H groups in total. The van der Waals surface area contributed by atoms with Crippen LogP contribution < -0.4 is 15.5 Å². The van der Waals surface area contributed by atoms with Crippen LogP contribution in [0.2, 0.25) is 0 Å².